The lowest BCUT2D eigenvalue weighted by molar-refractivity contribution is 0.160. The van der Waals surface area contributed by atoms with E-state index in [-0.39, 0.29) is 6.03 Å². The third kappa shape index (κ3) is 3.21. The fourth-order valence-corrected chi connectivity index (χ4v) is 3.81. The van der Waals surface area contributed by atoms with Crippen molar-refractivity contribution in [3.63, 3.8) is 0 Å². The molecule has 1 saturated heterocycles. The summed E-state index contributed by atoms with van der Waals surface area (Å²) in [4.78, 5) is 16.9. The van der Waals surface area contributed by atoms with Crippen molar-refractivity contribution < 1.29 is 9.53 Å². The van der Waals surface area contributed by atoms with Crippen molar-refractivity contribution >= 4 is 17.4 Å². The van der Waals surface area contributed by atoms with E-state index in [0.29, 0.717) is 18.4 Å². The Hall–Kier alpha value is -2.69. The van der Waals surface area contributed by atoms with Crippen LogP contribution >= 0.6 is 0 Å². The van der Waals surface area contributed by atoms with Crippen molar-refractivity contribution in [1.29, 1.82) is 0 Å². The van der Waals surface area contributed by atoms with Gasteiger partial charge >= 0.3 is 6.03 Å². The van der Waals surface area contributed by atoms with Gasteiger partial charge in [0.1, 0.15) is 5.75 Å². The molecule has 0 spiro atoms. The molecule has 0 bridgehead atoms. The van der Waals surface area contributed by atoms with Crippen molar-refractivity contribution in [2.45, 2.75) is 25.8 Å². The molecule has 5 nitrogen and oxygen atoms in total. The molecule has 0 aliphatic carbocycles. The molecule has 4 rings (SSSR count). The summed E-state index contributed by atoms with van der Waals surface area (Å²) < 4.78 is 5.58. The number of benzene rings is 2. The Kier molecular flexibility index (Phi) is 4.69. The molecule has 2 aromatic rings. The van der Waals surface area contributed by atoms with E-state index in [1.807, 2.05) is 36.1 Å². The van der Waals surface area contributed by atoms with Crippen LogP contribution in [0.1, 0.15) is 18.9 Å². The number of aryl methyl sites for hydroxylation is 1. The number of nitrogens with one attached hydrogen (secondary N) is 1. The van der Waals surface area contributed by atoms with Gasteiger partial charge in [0.2, 0.25) is 0 Å². The third-order valence-electron chi connectivity index (χ3n) is 5.16. The topological polar surface area (TPSA) is 44.8 Å². The van der Waals surface area contributed by atoms with Crippen LogP contribution in [-0.2, 0) is 6.42 Å². The number of anilines is 2. The second-order valence-corrected chi connectivity index (χ2v) is 6.84. The molecule has 0 aromatic heterocycles. The first-order chi connectivity index (χ1) is 12.8. The molecule has 136 valence electrons. The van der Waals surface area contributed by atoms with Crippen molar-refractivity contribution in [3.05, 3.63) is 54.1 Å². The SMILES string of the molecule is CCOc1ccccc1NC(=O)N1CC(N2CCCc3ccccc32)C1. The molecule has 0 radical (unpaired) electrons. The van der Waals surface area contributed by atoms with Crippen LogP contribution in [0, 0.1) is 0 Å². The molecule has 26 heavy (non-hydrogen) atoms. The summed E-state index contributed by atoms with van der Waals surface area (Å²) >= 11 is 0. The average Bonchev–Trinajstić information content (AvgIpc) is 2.62. The molecule has 2 amide bonds. The van der Waals surface area contributed by atoms with E-state index < -0.39 is 0 Å². The van der Waals surface area contributed by atoms with Crippen LogP contribution in [0.3, 0.4) is 0 Å². The summed E-state index contributed by atoms with van der Waals surface area (Å²) in [7, 11) is 0. The van der Waals surface area contributed by atoms with Crippen molar-refractivity contribution in [1.82, 2.24) is 4.90 Å². The predicted molar refractivity (Wildman–Crippen MR) is 104 cm³/mol. The largest absolute Gasteiger partial charge is 0.492 e. The van der Waals surface area contributed by atoms with E-state index in [0.717, 1.165) is 31.7 Å². The third-order valence-corrected chi connectivity index (χ3v) is 5.16. The van der Waals surface area contributed by atoms with Crippen LogP contribution in [0.5, 0.6) is 5.75 Å². The number of amides is 2. The zero-order chi connectivity index (χ0) is 17.9. The number of nitrogens with zero attached hydrogens (tertiary/aromatic N) is 2. The molecular formula is C21H25N3O2. The molecule has 1 fully saturated rings. The zero-order valence-corrected chi connectivity index (χ0v) is 15.1. The smallest absolute Gasteiger partial charge is 0.322 e. The number of fused-ring (bicyclic) bond motifs is 1. The van der Waals surface area contributed by atoms with Crippen LogP contribution in [-0.4, -0.2) is 43.2 Å². The van der Waals surface area contributed by atoms with Crippen LogP contribution in [0.15, 0.2) is 48.5 Å². The second kappa shape index (κ2) is 7.28. The van der Waals surface area contributed by atoms with Gasteiger partial charge in [-0.15, -0.1) is 0 Å². The summed E-state index contributed by atoms with van der Waals surface area (Å²) in [5.74, 6) is 0.713. The highest BCUT2D eigenvalue weighted by Gasteiger charge is 2.36. The van der Waals surface area contributed by atoms with E-state index in [4.69, 9.17) is 4.74 Å². The van der Waals surface area contributed by atoms with E-state index >= 15 is 0 Å². The Bertz CT molecular complexity index is 786. The van der Waals surface area contributed by atoms with E-state index in [1.165, 1.54) is 17.7 Å². The molecule has 2 aliphatic rings. The molecule has 2 aromatic carbocycles. The standard InChI is InChI=1S/C21H25N3O2/c1-2-26-20-12-6-4-10-18(20)22-21(25)23-14-17(15-23)24-13-7-9-16-8-3-5-11-19(16)24/h3-6,8,10-12,17H,2,7,9,13-15H2,1H3,(H,22,25). The summed E-state index contributed by atoms with van der Waals surface area (Å²) in [6.45, 7) is 5.11. The lowest BCUT2D eigenvalue weighted by Crippen LogP contribution is -2.62. The first-order valence-corrected chi connectivity index (χ1v) is 9.38. The fraction of sp³-hybridized carbons (Fsp3) is 0.381. The summed E-state index contributed by atoms with van der Waals surface area (Å²) in [6.07, 6.45) is 2.33. The van der Waals surface area contributed by atoms with Gasteiger partial charge in [0.25, 0.3) is 0 Å². The minimum atomic E-state index is -0.0568. The maximum atomic E-state index is 12.6. The van der Waals surface area contributed by atoms with Crippen LogP contribution in [0.2, 0.25) is 0 Å². The van der Waals surface area contributed by atoms with Crippen LogP contribution in [0.25, 0.3) is 0 Å². The predicted octanol–water partition coefficient (Wildman–Crippen LogP) is 3.75. The second-order valence-electron chi connectivity index (χ2n) is 6.84. The van der Waals surface area contributed by atoms with Crippen molar-refractivity contribution in [2.24, 2.45) is 0 Å². The highest BCUT2D eigenvalue weighted by atomic mass is 16.5. The van der Waals surface area contributed by atoms with Gasteiger partial charge in [-0.25, -0.2) is 4.79 Å². The molecule has 0 atom stereocenters. The Balaban J connectivity index is 1.38. The van der Waals surface area contributed by atoms with Crippen LogP contribution in [0.4, 0.5) is 16.2 Å². The number of likely N-dealkylation sites (tertiary alicyclic amines) is 1. The summed E-state index contributed by atoms with van der Waals surface area (Å²) in [5.41, 5.74) is 3.49. The molecule has 5 heteroatoms. The average molecular weight is 351 g/mol. The molecule has 0 saturated carbocycles. The number of rotatable bonds is 4. The van der Waals surface area contributed by atoms with E-state index in [2.05, 4.69) is 34.5 Å². The zero-order valence-electron chi connectivity index (χ0n) is 15.1. The number of hydrogen-bond donors (Lipinski definition) is 1. The maximum absolute atomic E-state index is 12.6. The lowest BCUT2D eigenvalue weighted by atomic mass is 9.97. The number of carbonyl (C=O) groups is 1. The Morgan fingerprint density at radius 2 is 1.92 bits per heavy atom. The first-order valence-electron chi connectivity index (χ1n) is 9.38. The first kappa shape index (κ1) is 16.8. The molecular weight excluding hydrogens is 326 g/mol. The number of urea groups is 1. The van der Waals surface area contributed by atoms with Gasteiger partial charge in [0, 0.05) is 25.3 Å². The highest BCUT2D eigenvalue weighted by Crippen LogP contribution is 2.31. The molecule has 2 aliphatic heterocycles. The Morgan fingerprint density at radius 3 is 2.77 bits per heavy atom. The molecule has 2 heterocycles. The normalized spacial score (nSPS) is 16.7. The molecule has 0 unspecified atom stereocenters. The Morgan fingerprint density at radius 1 is 1.15 bits per heavy atom. The van der Waals surface area contributed by atoms with Crippen molar-refractivity contribution in [2.75, 3.05) is 36.5 Å². The number of ether oxygens (including phenoxy) is 1. The van der Waals surface area contributed by atoms with Gasteiger partial charge in [0.05, 0.1) is 18.3 Å². The van der Waals surface area contributed by atoms with Gasteiger partial charge in [-0.05, 0) is 43.5 Å². The number of carbonyl (C=O) groups excluding carboxylic acids is 1. The quantitative estimate of drug-likeness (QED) is 0.912. The maximum Gasteiger partial charge on any atom is 0.322 e. The Labute approximate surface area is 154 Å². The van der Waals surface area contributed by atoms with Gasteiger partial charge in [-0.2, -0.15) is 0 Å². The van der Waals surface area contributed by atoms with E-state index in [9.17, 15) is 4.79 Å². The fourth-order valence-electron chi connectivity index (χ4n) is 3.81. The summed E-state index contributed by atoms with van der Waals surface area (Å²) in [5, 5.41) is 2.98. The molecule has 1 N–H and O–H groups in total. The van der Waals surface area contributed by atoms with E-state index in [1.54, 1.807) is 0 Å². The van der Waals surface area contributed by atoms with Gasteiger partial charge in [0.15, 0.2) is 0 Å². The van der Waals surface area contributed by atoms with Gasteiger partial charge < -0.3 is 19.9 Å². The van der Waals surface area contributed by atoms with Gasteiger partial charge in [-0.3, -0.25) is 0 Å². The number of para-hydroxylation sites is 3. The monoisotopic (exact) mass is 351 g/mol. The van der Waals surface area contributed by atoms with Gasteiger partial charge in [-0.1, -0.05) is 30.3 Å². The lowest BCUT2D eigenvalue weighted by Gasteiger charge is -2.48. The summed E-state index contributed by atoms with van der Waals surface area (Å²) in [6, 6.07) is 16.6. The minimum Gasteiger partial charge on any atom is -0.492 e. The highest BCUT2D eigenvalue weighted by molar-refractivity contribution is 5.91. The minimum absolute atomic E-state index is 0.0568. The number of hydrogen-bond acceptors (Lipinski definition) is 3. The van der Waals surface area contributed by atoms with Crippen molar-refractivity contribution in [3.8, 4) is 5.75 Å². The van der Waals surface area contributed by atoms with Crippen LogP contribution < -0.4 is 15.0 Å².